The highest BCUT2D eigenvalue weighted by molar-refractivity contribution is 5.91. The lowest BCUT2D eigenvalue weighted by Crippen LogP contribution is -2.28. The Kier molecular flexibility index (Phi) is 7.55. The molecule has 1 fully saturated rings. The molecule has 0 bridgehead atoms. The standard InChI is InChI=1S/C25H27N3O3/c1-3-4-9-23(28-24(29)18-11-12-18)21(25(30)31-2)14-17-10-13-22(27-16-17)20-8-6-5-7-19(20)15-26/h5-8,10,13,16,18H,3-4,9,11-12,14H2,1-2H3,(H,28,29)/b23-21-. The number of nitriles is 1. The van der Waals surface area contributed by atoms with Gasteiger partial charge in [0.1, 0.15) is 0 Å². The van der Waals surface area contributed by atoms with E-state index in [9.17, 15) is 14.9 Å². The third kappa shape index (κ3) is 5.79. The van der Waals surface area contributed by atoms with E-state index in [0.29, 0.717) is 35.4 Å². The molecule has 0 atom stereocenters. The molecule has 1 aliphatic carbocycles. The van der Waals surface area contributed by atoms with Gasteiger partial charge in [0.25, 0.3) is 0 Å². The molecule has 160 valence electrons. The van der Waals surface area contributed by atoms with Gasteiger partial charge in [0.15, 0.2) is 0 Å². The topological polar surface area (TPSA) is 92.1 Å². The zero-order valence-electron chi connectivity index (χ0n) is 18.0. The zero-order valence-corrected chi connectivity index (χ0v) is 18.0. The summed E-state index contributed by atoms with van der Waals surface area (Å²) in [4.78, 5) is 29.4. The lowest BCUT2D eigenvalue weighted by Gasteiger charge is -2.16. The normalized spacial score (nSPS) is 13.7. The van der Waals surface area contributed by atoms with Crippen molar-refractivity contribution < 1.29 is 14.3 Å². The van der Waals surface area contributed by atoms with Crippen LogP contribution in [-0.4, -0.2) is 24.0 Å². The summed E-state index contributed by atoms with van der Waals surface area (Å²) >= 11 is 0. The minimum absolute atomic E-state index is 0.0194. The molecule has 1 aromatic heterocycles. The van der Waals surface area contributed by atoms with Crippen LogP contribution in [0, 0.1) is 17.2 Å². The molecule has 0 saturated heterocycles. The number of carbonyl (C=O) groups is 2. The van der Waals surface area contributed by atoms with Crippen LogP contribution in [0.3, 0.4) is 0 Å². The van der Waals surface area contributed by atoms with E-state index in [1.165, 1.54) is 7.11 Å². The fourth-order valence-corrected chi connectivity index (χ4v) is 3.36. The molecule has 1 amide bonds. The van der Waals surface area contributed by atoms with Gasteiger partial charge in [0.05, 0.1) is 30.0 Å². The molecule has 6 nitrogen and oxygen atoms in total. The van der Waals surface area contributed by atoms with Crippen LogP contribution in [0.2, 0.25) is 0 Å². The summed E-state index contributed by atoms with van der Waals surface area (Å²) < 4.78 is 5.02. The number of hydrogen-bond acceptors (Lipinski definition) is 5. The van der Waals surface area contributed by atoms with Crippen molar-refractivity contribution in [3.8, 4) is 17.3 Å². The SMILES string of the molecule is CCCC/C(NC(=O)C1CC1)=C(\Cc1ccc(-c2ccccc2C#N)nc1)C(=O)OC. The average Bonchev–Trinajstić information content (AvgIpc) is 3.66. The average molecular weight is 418 g/mol. The highest BCUT2D eigenvalue weighted by atomic mass is 16.5. The number of benzene rings is 1. The number of nitrogens with one attached hydrogen (secondary N) is 1. The summed E-state index contributed by atoms with van der Waals surface area (Å²) in [5, 5.41) is 12.3. The molecule has 6 heteroatoms. The molecule has 1 aliphatic rings. The monoisotopic (exact) mass is 417 g/mol. The van der Waals surface area contributed by atoms with Crippen molar-refractivity contribution in [1.29, 1.82) is 5.26 Å². The molecular formula is C25H27N3O3. The van der Waals surface area contributed by atoms with Crippen LogP contribution in [0.5, 0.6) is 0 Å². The lowest BCUT2D eigenvalue weighted by atomic mass is 10.00. The number of unbranched alkanes of at least 4 members (excludes halogenated alkanes) is 1. The zero-order chi connectivity index (χ0) is 22.2. The first-order valence-corrected chi connectivity index (χ1v) is 10.6. The first-order valence-electron chi connectivity index (χ1n) is 10.6. The Hall–Kier alpha value is -3.46. The second-order valence-corrected chi connectivity index (χ2v) is 7.70. The van der Waals surface area contributed by atoms with Crippen molar-refractivity contribution in [2.45, 2.75) is 45.4 Å². The van der Waals surface area contributed by atoms with Crippen LogP contribution in [0.25, 0.3) is 11.3 Å². The molecule has 3 rings (SSSR count). The third-order valence-corrected chi connectivity index (χ3v) is 5.33. The Balaban J connectivity index is 1.88. The van der Waals surface area contributed by atoms with Gasteiger partial charge in [-0.1, -0.05) is 37.6 Å². The van der Waals surface area contributed by atoms with Crippen molar-refractivity contribution in [3.05, 3.63) is 65.0 Å². The number of nitrogens with zero attached hydrogens (tertiary/aromatic N) is 2. The fourth-order valence-electron chi connectivity index (χ4n) is 3.36. The summed E-state index contributed by atoms with van der Waals surface area (Å²) in [7, 11) is 1.35. The number of rotatable bonds is 9. The van der Waals surface area contributed by atoms with Gasteiger partial charge in [0, 0.05) is 29.8 Å². The highest BCUT2D eigenvalue weighted by Gasteiger charge is 2.31. The molecule has 1 N–H and O–H groups in total. The Morgan fingerprint density at radius 3 is 2.61 bits per heavy atom. The smallest absolute Gasteiger partial charge is 0.335 e. The number of allylic oxidation sites excluding steroid dienone is 1. The number of amides is 1. The van der Waals surface area contributed by atoms with Crippen molar-refractivity contribution in [1.82, 2.24) is 10.3 Å². The second kappa shape index (κ2) is 10.5. The maximum atomic E-state index is 12.6. The molecule has 1 aromatic carbocycles. The van der Waals surface area contributed by atoms with Crippen molar-refractivity contribution in [3.63, 3.8) is 0 Å². The minimum atomic E-state index is -0.443. The Labute approximate surface area is 183 Å². The highest BCUT2D eigenvalue weighted by Crippen LogP contribution is 2.30. The molecule has 2 aromatic rings. The van der Waals surface area contributed by atoms with E-state index >= 15 is 0 Å². The number of hydrogen-bond donors (Lipinski definition) is 1. The van der Waals surface area contributed by atoms with Crippen LogP contribution in [0.15, 0.2) is 53.9 Å². The van der Waals surface area contributed by atoms with E-state index in [-0.39, 0.29) is 11.8 Å². The van der Waals surface area contributed by atoms with E-state index in [4.69, 9.17) is 4.74 Å². The lowest BCUT2D eigenvalue weighted by molar-refractivity contribution is -0.136. The number of methoxy groups -OCH3 is 1. The number of ether oxygens (including phenoxy) is 1. The maximum absolute atomic E-state index is 12.6. The molecule has 0 spiro atoms. The Bertz CT molecular complexity index is 1020. The summed E-state index contributed by atoms with van der Waals surface area (Å²) in [5.41, 5.74) is 3.94. The maximum Gasteiger partial charge on any atom is 0.335 e. The molecule has 0 radical (unpaired) electrons. The van der Waals surface area contributed by atoms with Crippen LogP contribution in [-0.2, 0) is 20.7 Å². The van der Waals surface area contributed by atoms with Gasteiger partial charge < -0.3 is 10.1 Å². The van der Waals surface area contributed by atoms with Gasteiger partial charge in [-0.3, -0.25) is 9.78 Å². The molecule has 1 saturated carbocycles. The van der Waals surface area contributed by atoms with Crippen LogP contribution < -0.4 is 5.32 Å². The summed E-state index contributed by atoms with van der Waals surface area (Å²) in [5.74, 6) is -0.410. The molecule has 0 aliphatic heterocycles. The van der Waals surface area contributed by atoms with Gasteiger partial charge in [-0.15, -0.1) is 0 Å². The van der Waals surface area contributed by atoms with Gasteiger partial charge in [-0.2, -0.15) is 5.26 Å². The minimum Gasteiger partial charge on any atom is -0.466 e. The summed E-state index contributed by atoms with van der Waals surface area (Å²) in [6.45, 7) is 2.07. The van der Waals surface area contributed by atoms with E-state index < -0.39 is 5.97 Å². The van der Waals surface area contributed by atoms with Crippen molar-refractivity contribution in [2.24, 2.45) is 5.92 Å². The first-order chi connectivity index (χ1) is 15.1. The van der Waals surface area contributed by atoms with Crippen LogP contribution >= 0.6 is 0 Å². The molecule has 31 heavy (non-hydrogen) atoms. The van der Waals surface area contributed by atoms with Crippen LogP contribution in [0.4, 0.5) is 0 Å². The number of pyridine rings is 1. The Morgan fingerprint density at radius 1 is 1.23 bits per heavy atom. The largest absolute Gasteiger partial charge is 0.466 e. The van der Waals surface area contributed by atoms with E-state index in [1.54, 1.807) is 12.3 Å². The van der Waals surface area contributed by atoms with Gasteiger partial charge in [-0.05, 0) is 43.4 Å². The predicted octanol–water partition coefficient (Wildman–Crippen LogP) is 4.31. The Morgan fingerprint density at radius 2 is 2.00 bits per heavy atom. The van der Waals surface area contributed by atoms with Gasteiger partial charge in [0.2, 0.25) is 5.91 Å². The van der Waals surface area contributed by atoms with Gasteiger partial charge in [-0.25, -0.2) is 4.79 Å². The number of esters is 1. The van der Waals surface area contributed by atoms with Gasteiger partial charge >= 0.3 is 5.97 Å². The van der Waals surface area contributed by atoms with E-state index in [0.717, 1.165) is 36.8 Å². The summed E-state index contributed by atoms with van der Waals surface area (Å²) in [6.07, 6.45) is 6.23. The van der Waals surface area contributed by atoms with Crippen LogP contribution in [0.1, 0.15) is 50.2 Å². The quantitative estimate of drug-likeness (QED) is 0.485. The fraction of sp³-hybridized carbons (Fsp3) is 0.360. The number of carbonyl (C=O) groups excluding carboxylic acids is 2. The third-order valence-electron chi connectivity index (χ3n) is 5.33. The molecular weight excluding hydrogens is 390 g/mol. The second-order valence-electron chi connectivity index (χ2n) is 7.70. The summed E-state index contributed by atoms with van der Waals surface area (Å²) in [6, 6.07) is 13.2. The van der Waals surface area contributed by atoms with E-state index in [1.807, 2.05) is 30.3 Å². The first kappa shape index (κ1) is 22.2. The number of aromatic nitrogens is 1. The van der Waals surface area contributed by atoms with Crippen molar-refractivity contribution >= 4 is 11.9 Å². The van der Waals surface area contributed by atoms with E-state index in [2.05, 4.69) is 23.3 Å². The predicted molar refractivity (Wildman–Crippen MR) is 118 cm³/mol. The van der Waals surface area contributed by atoms with Crippen molar-refractivity contribution in [2.75, 3.05) is 7.11 Å². The molecule has 0 unspecified atom stereocenters. The molecule has 1 heterocycles.